The number of allylic oxidation sites excluding steroid dienone is 1. The second-order valence-electron chi connectivity index (χ2n) is 8.86. The first-order valence-electron chi connectivity index (χ1n) is 12.1. The first kappa shape index (κ1) is 24.8. The predicted molar refractivity (Wildman–Crippen MR) is 141 cm³/mol. The highest BCUT2D eigenvalue weighted by Crippen LogP contribution is 2.46. The molecular formula is C30H26N2O6. The Kier molecular flexibility index (Phi) is 6.43. The van der Waals surface area contributed by atoms with Crippen molar-refractivity contribution in [1.82, 2.24) is 0 Å². The maximum absolute atomic E-state index is 13.1. The molecule has 0 saturated carbocycles. The second kappa shape index (κ2) is 9.87. The molecule has 0 fully saturated rings. The van der Waals surface area contributed by atoms with E-state index < -0.39 is 11.9 Å². The van der Waals surface area contributed by atoms with Gasteiger partial charge in [-0.2, -0.15) is 5.26 Å². The third-order valence-electron chi connectivity index (χ3n) is 6.75. The number of carbonyl (C=O) groups is 1. The number of hydrogen-bond acceptors (Lipinski definition) is 8. The van der Waals surface area contributed by atoms with Crippen LogP contribution < -0.4 is 24.7 Å². The molecule has 8 nitrogen and oxygen atoms in total. The Bertz CT molecular complexity index is 1640. The van der Waals surface area contributed by atoms with Gasteiger partial charge in [-0.1, -0.05) is 25.1 Å². The summed E-state index contributed by atoms with van der Waals surface area (Å²) in [5.41, 5.74) is 10.3. The number of carbonyl (C=O) groups excluding carboxylic acids is 1. The molecule has 1 aliphatic heterocycles. The van der Waals surface area contributed by atoms with Crippen molar-refractivity contribution in [3.8, 4) is 29.1 Å². The fraction of sp³-hybridized carbons (Fsp3) is 0.200. The number of fused-ring (bicyclic) bond motifs is 2. The molecule has 1 unspecified atom stereocenters. The number of aryl methyl sites for hydroxylation is 2. The van der Waals surface area contributed by atoms with Gasteiger partial charge in [-0.05, 0) is 43.2 Å². The Morgan fingerprint density at radius 1 is 1.03 bits per heavy atom. The van der Waals surface area contributed by atoms with E-state index >= 15 is 0 Å². The van der Waals surface area contributed by atoms with E-state index in [0.717, 1.165) is 17.4 Å². The number of nitrogens with two attached hydrogens (primary N) is 1. The van der Waals surface area contributed by atoms with Crippen LogP contribution in [0.1, 0.15) is 45.7 Å². The number of methoxy groups -OCH3 is 2. The lowest BCUT2D eigenvalue weighted by molar-refractivity contribution is 0.0702. The lowest BCUT2D eigenvalue weighted by Gasteiger charge is -2.27. The van der Waals surface area contributed by atoms with Gasteiger partial charge in [0.05, 0.1) is 20.1 Å². The highest BCUT2D eigenvalue weighted by molar-refractivity contribution is 5.97. The van der Waals surface area contributed by atoms with Gasteiger partial charge in [-0.15, -0.1) is 0 Å². The molecule has 1 aromatic heterocycles. The molecule has 0 amide bonds. The molecule has 0 saturated heterocycles. The lowest BCUT2D eigenvalue weighted by Crippen LogP contribution is -2.21. The van der Waals surface area contributed by atoms with Crippen LogP contribution in [-0.4, -0.2) is 20.2 Å². The molecule has 0 aliphatic carbocycles. The van der Waals surface area contributed by atoms with Crippen LogP contribution >= 0.6 is 0 Å². The third-order valence-corrected chi connectivity index (χ3v) is 6.75. The van der Waals surface area contributed by atoms with Crippen LogP contribution in [0, 0.1) is 18.3 Å². The molecule has 192 valence electrons. The summed E-state index contributed by atoms with van der Waals surface area (Å²) in [5.74, 6) is 0.680. The van der Waals surface area contributed by atoms with Crippen LogP contribution in [0.15, 0.2) is 70.5 Å². The minimum absolute atomic E-state index is 0.0359. The number of ether oxygens (including phenoxy) is 4. The van der Waals surface area contributed by atoms with E-state index in [2.05, 4.69) is 13.0 Å². The molecule has 4 aromatic rings. The van der Waals surface area contributed by atoms with Gasteiger partial charge in [0.1, 0.15) is 40.2 Å². The number of nitriles is 1. The van der Waals surface area contributed by atoms with Crippen molar-refractivity contribution < 1.29 is 28.2 Å². The summed E-state index contributed by atoms with van der Waals surface area (Å²) < 4.78 is 28.2. The van der Waals surface area contributed by atoms with E-state index in [-0.39, 0.29) is 23.0 Å². The van der Waals surface area contributed by atoms with Gasteiger partial charge in [0.25, 0.3) is 0 Å². The van der Waals surface area contributed by atoms with Crippen LogP contribution in [0.3, 0.4) is 0 Å². The largest absolute Gasteiger partial charge is 0.497 e. The van der Waals surface area contributed by atoms with Crippen molar-refractivity contribution in [3.63, 3.8) is 0 Å². The van der Waals surface area contributed by atoms with Crippen LogP contribution in [0.4, 0.5) is 0 Å². The molecule has 38 heavy (non-hydrogen) atoms. The van der Waals surface area contributed by atoms with Crippen LogP contribution in [0.5, 0.6) is 23.0 Å². The smallest absolute Gasteiger partial charge is 0.379 e. The van der Waals surface area contributed by atoms with E-state index in [1.54, 1.807) is 44.6 Å². The van der Waals surface area contributed by atoms with E-state index in [1.807, 2.05) is 31.2 Å². The fourth-order valence-corrected chi connectivity index (χ4v) is 4.71. The Balaban J connectivity index is 1.50. The zero-order valence-electron chi connectivity index (χ0n) is 21.5. The molecule has 1 atom stereocenters. The predicted octanol–water partition coefficient (Wildman–Crippen LogP) is 5.76. The molecule has 2 N–H and O–H groups in total. The molecule has 1 aliphatic rings. The average Bonchev–Trinajstić information content (AvgIpc) is 3.27. The second-order valence-corrected chi connectivity index (χ2v) is 8.86. The van der Waals surface area contributed by atoms with Gasteiger partial charge >= 0.3 is 5.97 Å². The van der Waals surface area contributed by atoms with Crippen LogP contribution in [0.25, 0.3) is 11.0 Å². The maximum Gasteiger partial charge on any atom is 0.379 e. The summed E-state index contributed by atoms with van der Waals surface area (Å²) >= 11 is 0. The van der Waals surface area contributed by atoms with Gasteiger partial charge in [-0.3, -0.25) is 0 Å². The zero-order valence-corrected chi connectivity index (χ0v) is 21.5. The van der Waals surface area contributed by atoms with E-state index in [0.29, 0.717) is 39.5 Å². The van der Waals surface area contributed by atoms with E-state index in [9.17, 15) is 10.1 Å². The third kappa shape index (κ3) is 4.18. The molecule has 0 radical (unpaired) electrons. The Labute approximate surface area is 219 Å². The summed E-state index contributed by atoms with van der Waals surface area (Å²) in [7, 11) is 3.11. The Morgan fingerprint density at radius 3 is 2.50 bits per heavy atom. The highest BCUT2D eigenvalue weighted by atomic mass is 16.5. The standard InChI is InChI=1S/C30H26N2O6/c1-5-17-6-11-24-22(12-17)16(2)28(37-24)30(33)36-19-8-10-21-26(14-19)38-29(32)23(15-31)27(21)20-9-7-18(34-3)13-25(20)35-4/h6-14,27H,5,32H2,1-4H3. The average molecular weight is 511 g/mol. The summed E-state index contributed by atoms with van der Waals surface area (Å²) in [4.78, 5) is 13.1. The van der Waals surface area contributed by atoms with Crippen molar-refractivity contribution in [2.24, 2.45) is 5.73 Å². The number of esters is 1. The molecule has 5 rings (SSSR count). The van der Waals surface area contributed by atoms with Crippen molar-refractivity contribution >= 4 is 16.9 Å². The molecule has 0 bridgehead atoms. The van der Waals surface area contributed by atoms with Crippen molar-refractivity contribution in [2.45, 2.75) is 26.2 Å². The zero-order chi connectivity index (χ0) is 27.0. The first-order valence-corrected chi connectivity index (χ1v) is 12.1. The van der Waals surface area contributed by atoms with Gasteiger partial charge in [0, 0.05) is 34.2 Å². The molecule has 8 heteroatoms. The topological polar surface area (TPSA) is 117 Å². The van der Waals surface area contributed by atoms with Crippen LogP contribution in [-0.2, 0) is 6.42 Å². The summed E-state index contributed by atoms with van der Waals surface area (Å²) in [6.45, 7) is 3.90. The minimum Gasteiger partial charge on any atom is -0.497 e. The SMILES string of the molecule is CCc1ccc2oc(C(=O)Oc3ccc4c(c3)OC(N)=C(C#N)C4c3ccc(OC)cc3OC)c(C)c2c1. The Hall–Kier alpha value is -4.90. The normalized spacial score (nSPS) is 14.4. The van der Waals surface area contributed by atoms with Gasteiger partial charge in [-0.25, -0.2) is 4.79 Å². The summed E-state index contributed by atoms with van der Waals surface area (Å²) in [6.07, 6.45) is 0.879. The number of hydrogen-bond donors (Lipinski definition) is 1. The maximum atomic E-state index is 13.1. The molecular weight excluding hydrogens is 484 g/mol. The number of benzene rings is 3. The minimum atomic E-state index is -0.623. The number of rotatable bonds is 6. The van der Waals surface area contributed by atoms with Crippen molar-refractivity contribution in [1.29, 1.82) is 5.26 Å². The number of nitrogens with zero attached hydrogens (tertiary/aromatic N) is 1. The quantitative estimate of drug-likeness (QED) is 0.257. The first-order chi connectivity index (χ1) is 18.4. The van der Waals surface area contributed by atoms with Crippen LogP contribution in [0.2, 0.25) is 0 Å². The van der Waals surface area contributed by atoms with Crippen molar-refractivity contribution in [2.75, 3.05) is 14.2 Å². The molecule has 3 aromatic carbocycles. The fourth-order valence-electron chi connectivity index (χ4n) is 4.71. The molecule has 2 heterocycles. The van der Waals surface area contributed by atoms with Gasteiger partial charge < -0.3 is 29.1 Å². The van der Waals surface area contributed by atoms with Gasteiger partial charge in [0.2, 0.25) is 11.6 Å². The summed E-state index contributed by atoms with van der Waals surface area (Å²) in [6, 6.07) is 18.3. The van der Waals surface area contributed by atoms with E-state index in [1.165, 1.54) is 0 Å². The summed E-state index contributed by atoms with van der Waals surface area (Å²) in [5, 5.41) is 10.8. The molecule has 0 spiro atoms. The highest BCUT2D eigenvalue weighted by Gasteiger charge is 2.33. The van der Waals surface area contributed by atoms with Gasteiger partial charge in [0.15, 0.2) is 0 Å². The van der Waals surface area contributed by atoms with Crippen molar-refractivity contribution in [3.05, 3.63) is 94.1 Å². The lowest BCUT2D eigenvalue weighted by atomic mass is 9.83. The monoisotopic (exact) mass is 510 g/mol. The Morgan fingerprint density at radius 2 is 1.79 bits per heavy atom. The van der Waals surface area contributed by atoms with E-state index in [4.69, 9.17) is 29.1 Å². The number of furan rings is 1.